The van der Waals surface area contributed by atoms with Gasteiger partial charge in [-0.3, -0.25) is 20.2 Å². The van der Waals surface area contributed by atoms with Crippen molar-refractivity contribution in [2.75, 3.05) is 36.1 Å². The highest BCUT2D eigenvalue weighted by Gasteiger charge is 2.23. The number of nitrogens with one attached hydrogen (secondary N) is 1. The van der Waals surface area contributed by atoms with Crippen molar-refractivity contribution in [3.05, 3.63) is 93.1 Å². The predicted octanol–water partition coefficient (Wildman–Crippen LogP) is 4.57. The molecule has 0 amide bonds. The monoisotopic (exact) mass is 557 g/mol. The number of benzene rings is 2. The van der Waals surface area contributed by atoms with Gasteiger partial charge in [0.1, 0.15) is 24.7 Å². The molecule has 1 N–H and O–H groups in total. The molecule has 2 aliphatic rings. The fraction of sp³-hybridized carbons (Fsp3) is 0.308. The number of hydrogen-bond acceptors (Lipinski definition) is 10. The summed E-state index contributed by atoms with van der Waals surface area (Å²) in [5.41, 5.74) is 3.51. The smallest absolute Gasteiger partial charge is 0.271 e. The first-order valence-corrected chi connectivity index (χ1v) is 12.1. The number of fused-ring (bicyclic) bond motifs is 2. The van der Waals surface area contributed by atoms with Crippen LogP contribution in [0.15, 0.2) is 61.4 Å². The molecule has 0 atom stereocenters. The van der Waals surface area contributed by atoms with Crippen LogP contribution in [0.3, 0.4) is 0 Å². The van der Waals surface area contributed by atoms with Crippen LogP contribution in [0.2, 0.25) is 0 Å². The Morgan fingerprint density at radius 3 is 2.02 bits per heavy atom. The molecule has 4 aromatic rings. The summed E-state index contributed by atoms with van der Waals surface area (Å²) < 4.78 is 22.9. The summed E-state index contributed by atoms with van der Waals surface area (Å²) >= 11 is 0. The Kier molecular flexibility index (Phi) is 8.04. The molecule has 0 spiro atoms. The maximum atomic E-state index is 10.9. The van der Waals surface area contributed by atoms with Gasteiger partial charge in [-0.15, -0.1) is 0 Å². The standard InChI is InChI=1S/C13H14N4O3.C12H12N4O3.CH4.2H2/c1-15-7-10(14-9-15)8-16-4-5-20-13-3-2-11(17(18)19)6-12(13)16;17-16(18)10-1-2-12-11(5-10)15(3-4-19-12)7-9-6-13-8-14-9;;;/h2-3,6-7,9H,4-5,8H2,1H3;1-2,5-6,8H,3-4,7H2,(H,13,14);1H4;2*1H/i;;;1+1D;1+1. The number of hydrogen-bond donors (Lipinski definition) is 1. The Labute approximate surface area is 234 Å². The molecule has 0 fully saturated rings. The van der Waals surface area contributed by atoms with Crippen LogP contribution in [0.1, 0.15) is 23.2 Å². The van der Waals surface area contributed by atoms with E-state index in [0.29, 0.717) is 50.9 Å². The van der Waals surface area contributed by atoms with Crippen LogP contribution in [0.25, 0.3) is 0 Å². The second-order valence-electron chi connectivity index (χ2n) is 8.97. The molecule has 0 saturated heterocycles. The van der Waals surface area contributed by atoms with Crippen molar-refractivity contribution in [2.24, 2.45) is 7.05 Å². The molecule has 0 radical (unpaired) electrons. The second-order valence-corrected chi connectivity index (χ2v) is 8.97. The maximum absolute atomic E-state index is 10.9. The van der Waals surface area contributed by atoms with Gasteiger partial charge in [0, 0.05) is 48.1 Å². The Balaban J connectivity index is 0.000000272. The van der Waals surface area contributed by atoms with Crippen molar-refractivity contribution in [3.8, 4) is 11.5 Å². The highest BCUT2D eigenvalue weighted by Crippen LogP contribution is 2.36. The van der Waals surface area contributed by atoms with Crippen LogP contribution in [0, 0.1) is 20.2 Å². The van der Waals surface area contributed by atoms with Gasteiger partial charge in [-0.2, -0.15) is 0 Å². The molecule has 0 saturated carbocycles. The van der Waals surface area contributed by atoms with Gasteiger partial charge >= 0.3 is 0 Å². The first kappa shape index (κ1) is 26.5. The van der Waals surface area contributed by atoms with Crippen molar-refractivity contribution < 1.29 is 23.7 Å². The number of rotatable bonds is 6. The topological polar surface area (TPSA) is 158 Å². The Morgan fingerprint density at radius 1 is 0.975 bits per heavy atom. The molecule has 14 nitrogen and oxygen atoms in total. The van der Waals surface area contributed by atoms with E-state index in [-0.39, 0.29) is 20.2 Å². The number of H-pyrrole nitrogens is 1. The van der Waals surface area contributed by atoms with E-state index in [4.69, 9.17) is 12.4 Å². The van der Waals surface area contributed by atoms with Crippen molar-refractivity contribution >= 4 is 22.7 Å². The fourth-order valence-corrected chi connectivity index (χ4v) is 4.40. The minimum Gasteiger partial charge on any atom is -0.490 e. The number of aromatic amines is 1. The first-order chi connectivity index (χ1) is 19.9. The number of imidazole rings is 2. The fourth-order valence-electron chi connectivity index (χ4n) is 4.40. The Morgan fingerprint density at radius 2 is 1.55 bits per heavy atom. The zero-order chi connectivity index (χ0) is 29.4. The summed E-state index contributed by atoms with van der Waals surface area (Å²) in [5, 5.41) is 21.7. The largest absolute Gasteiger partial charge is 0.490 e. The summed E-state index contributed by atoms with van der Waals surface area (Å²) in [5.74, 6) is 1.36. The van der Waals surface area contributed by atoms with E-state index in [9.17, 15) is 20.2 Å². The van der Waals surface area contributed by atoms with E-state index in [0.717, 1.165) is 22.8 Å². The number of nitro benzene ring substituents is 2. The third-order valence-electron chi connectivity index (χ3n) is 6.25. The molecule has 214 valence electrons. The number of anilines is 2. The summed E-state index contributed by atoms with van der Waals surface area (Å²) in [4.78, 5) is 36.3. The third-order valence-corrected chi connectivity index (χ3v) is 6.25. The minimum atomic E-state index is -0.400. The molecule has 6 rings (SSSR count). The SMILES string of the molecule is C.Cn1cnc(CN2CCOc3ccc([N+](=O)[O-])cc32)c1.O=[N+]([O-])c1ccc2c(c1)N(Cc1cnc[nH]1)CCO2.[2HH].[2H][2H]. The first-order valence-electron chi connectivity index (χ1n) is 13.1. The van der Waals surface area contributed by atoms with Crippen LogP contribution in [0.5, 0.6) is 11.5 Å². The number of ether oxygens (including phenoxy) is 2. The summed E-state index contributed by atoms with van der Waals surface area (Å²) in [6, 6.07) is 9.31. The molecular formula is C26H34N8O6. The zero-order valence-corrected chi connectivity index (χ0v) is 21.1. The van der Waals surface area contributed by atoms with Crippen LogP contribution in [-0.2, 0) is 20.1 Å². The lowest BCUT2D eigenvalue weighted by Crippen LogP contribution is -2.32. The zero-order valence-electron chi connectivity index (χ0n) is 23.1. The third kappa shape index (κ3) is 6.28. The van der Waals surface area contributed by atoms with Gasteiger partial charge in [-0.1, -0.05) is 7.43 Å². The Hall–Kier alpha value is -5.14. The van der Waals surface area contributed by atoms with Crippen LogP contribution in [-0.4, -0.2) is 55.7 Å². The van der Waals surface area contributed by atoms with Crippen molar-refractivity contribution in [3.63, 3.8) is 0 Å². The number of nitrogens with zero attached hydrogens (tertiary/aromatic N) is 7. The second kappa shape index (κ2) is 12.1. The minimum absolute atomic E-state index is 0. The van der Waals surface area contributed by atoms with Crippen LogP contribution >= 0.6 is 0 Å². The van der Waals surface area contributed by atoms with Gasteiger partial charge in [0.05, 0.1) is 71.4 Å². The Bertz CT molecular complexity index is 1490. The molecule has 0 aliphatic carbocycles. The lowest BCUT2D eigenvalue weighted by Gasteiger charge is -2.30. The van der Waals surface area contributed by atoms with Gasteiger partial charge in [0.2, 0.25) is 0 Å². The van der Waals surface area contributed by atoms with Crippen molar-refractivity contribution in [1.82, 2.24) is 19.5 Å². The van der Waals surface area contributed by atoms with E-state index < -0.39 is 9.85 Å². The molecule has 14 heteroatoms. The molecule has 0 bridgehead atoms. The summed E-state index contributed by atoms with van der Waals surface area (Å²) in [6.45, 7) is 3.74. The lowest BCUT2D eigenvalue weighted by molar-refractivity contribution is -0.385. The molecule has 2 aliphatic heterocycles. The van der Waals surface area contributed by atoms with E-state index in [2.05, 4.69) is 15.0 Å². The highest BCUT2D eigenvalue weighted by atomic mass is 16.6. The molecule has 0 unspecified atom stereocenters. The maximum Gasteiger partial charge on any atom is 0.271 e. The van der Waals surface area contributed by atoms with E-state index >= 15 is 0 Å². The van der Waals surface area contributed by atoms with E-state index in [1.54, 1.807) is 43.1 Å². The molecule has 4 heterocycles. The molecule has 40 heavy (non-hydrogen) atoms. The number of aromatic nitrogens is 4. The van der Waals surface area contributed by atoms with Gasteiger partial charge in [-0.25, -0.2) is 9.97 Å². The molecular weight excluding hydrogens is 520 g/mol. The van der Waals surface area contributed by atoms with Crippen LogP contribution in [0.4, 0.5) is 22.7 Å². The number of aryl methyl sites for hydroxylation is 1. The summed E-state index contributed by atoms with van der Waals surface area (Å²) in [6.07, 6.45) is 7.03. The quantitative estimate of drug-likeness (QED) is 0.263. The lowest BCUT2D eigenvalue weighted by atomic mass is 10.2. The van der Waals surface area contributed by atoms with Gasteiger partial charge in [0.15, 0.2) is 0 Å². The number of nitro groups is 2. The molecule has 2 aromatic carbocycles. The van der Waals surface area contributed by atoms with Crippen molar-refractivity contribution in [1.29, 1.82) is 0 Å². The van der Waals surface area contributed by atoms with Crippen molar-refractivity contribution in [2.45, 2.75) is 20.5 Å². The van der Waals surface area contributed by atoms with E-state index in [1.165, 1.54) is 12.1 Å². The highest BCUT2D eigenvalue weighted by molar-refractivity contribution is 5.65. The normalized spacial score (nSPS) is 13.6. The average molecular weight is 558 g/mol. The molecule has 2 aromatic heterocycles. The summed E-state index contributed by atoms with van der Waals surface area (Å²) in [7, 11) is 1.91. The predicted molar refractivity (Wildman–Crippen MR) is 152 cm³/mol. The number of non-ortho nitro benzene ring substituents is 2. The average Bonchev–Trinajstić information content (AvgIpc) is 3.65. The van der Waals surface area contributed by atoms with Gasteiger partial charge < -0.3 is 28.8 Å². The van der Waals surface area contributed by atoms with Crippen LogP contribution < -0.4 is 19.3 Å². The van der Waals surface area contributed by atoms with Gasteiger partial charge in [0.25, 0.3) is 11.4 Å². The van der Waals surface area contributed by atoms with Gasteiger partial charge in [-0.05, 0) is 12.1 Å². The van der Waals surface area contributed by atoms with E-state index in [1.807, 2.05) is 27.6 Å².